The predicted molar refractivity (Wildman–Crippen MR) is 84.7 cm³/mol. The maximum atomic E-state index is 12.3. The summed E-state index contributed by atoms with van der Waals surface area (Å²) >= 11 is 0. The molecule has 22 heavy (non-hydrogen) atoms. The first-order chi connectivity index (χ1) is 10.6. The van der Waals surface area contributed by atoms with Gasteiger partial charge in [0.1, 0.15) is 6.61 Å². The standard InChI is InChI=1S/C18H19NO3/c1-13-8-6-7-11-16(13)17(20)14(2)19-18(21)22-12-15-9-4-3-5-10-15/h3-11,14H,12H2,1-2H3,(H,19,21). The second-order valence-electron chi connectivity index (χ2n) is 5.11. The number of aryl methyl sites for hydroxylation is 1. The Morgan fingerprint density at radius 3 is 2.36 bits per heavy atom. The SMILES string of the molecule is Cc1ccccc1C(=O)C(C)NC(=O)OCc1ccccc1. The third-order valence-electron chi connectivity index (χ3n) is 3.35. The highest BCUT2D eigenvalue weighted by molar-refractivity contribution is 6.02. The number of amides is 1. The van der Waals surface area contributed by atoms with Gasteiger partial charge in [-0.2, -0.15) is 0 Å². The topological polar surface area (TPSA) is 55.4 Å². The smallest absolute Gasteiger partial charge is 0.408 e. The highest BCUT2D eigenvalue weighted by Crippen LogP contribution is 2.10. The van der Waals surface area contributed by atoms with E-state index in [1.54, 1.807) is 19.1 Å². The lowest BCUT2D eigenvalue weighted by atomic mass is 10.0. The molecule has 0 fully saturated rings. The number of benzene rings is 2. The molecule has 2 rings (SSSR count). The first-order valence-electron chi connectivity index (χ1n) is 7.15. The van der Waals surface area contributed by atoms with Crippen LogP contribution in [0.3, 0.4) is 0 Å². The van der Waals surface area contributed by atoms with Crippen molar-refractivity contribution in [2.24, 2.45) is 0 Å². The monoisotopic (exact) mass is 297 g/mol. The summed E-state index contributed by atoms with van der Waals surface area (Å²) < 4.78 is 5.11. The number of hydrogen-bond acceptors (Lipinski definition) is 3. The molecule has 1 amide bonds. The summed E-state index contributed by atoms with van der Waals surface area (Å²) in [7, 11) is 0. The van der Waals surface area contributed by atoms with Gasteiger partial charge in [0.15, 0.2) is 5.78 Å². The van der Waals surface area contributed by atoms with E-state index >= 15 is 0 Å². The van der Waals surface area contributed by atoms with Crippen LogP contribution in [0.4, 0.5) is 4.79 Å². The van der Waals surface area contributed by atoms with Crippen LogP contribution in [-0.4, -0.2) is 17.9 Å². The van der Waals surface area contributed by atoms with Crippen LogP contribution in [0.5, 0.6) is 0 Å². The van der Waals surface area contributed by atoms with Gasteiger partial charge in [-0.05, 0) is 25.0 Å². The Labute approximate surface area is 130 Å². The molecule has 0 saturated carbocycles. The van der Waals surface area contributed by atoms with Crippen LogP contribution >= 0.6 is 0 Å². The van der Waals surface area contributed by atoms with Crippen molar-refractivity contribution in [3.63, 3.8) is 0 Å². The van der Waals surface area contributed by atoms with Gasteiger partial charge in [-0.1, -0.05) is 54.6 Å². The molecule has 114 valence electrons. The molecule has 4 heteroatoms. The average molecular weight is 297 g/mol. The maximum Gasteiger partial charge on any atom is 0.408 e. The number of Topliss-reactive ketones (excluding diaryl/α,β-unsaturated/α-hetero) is 1. The Hall–Kier alpha value is -2.62. The van der Waals surface area contributed by atoms with Gasteiger partial charge in [-0.25, -0.2) is 4.79 Å². The lowest BCUT2D eigenvalue weighted by Gasteiger charge is -2.14. The van der Waals surface area contributed by atoms with Crippen LogP contribution in [0.2, 0.25) is 0 Å². The molecule has 0 aliphatic rings. The third-order valence-corrected chi connectivity index (χ3v) is 3.35. The summed E-state index contributed by atoms with van der Waals surface area (Å²) in [5.41, 5.74) is 2.40. The van der Waals surface area contributed by atoms with Crippen LogP contribution in [-0.2, 0) is 11.3 Å². The Bertz CT molecular complexity index is 652. The molecule has 0 heterocycles. The van der Waals surface area contributed by atoms with E-state index in [0.29, 0.717) is 5.56 Å². The summed E-state index contributed by atoms with van der Waals surface area (Å²) in [5, 5.41) is 2.56. The van der Waals surface area contributed by atoms with E-state index in [9.17, 15) is 9.59 Å². The number of alkyl carbamates (subject to hydrolysis) is 1. The van der Waals surface area contributed by atoms with E-state index in [1.165, 1.54) is 0 Å². The Morgan fingerprint density at radius 2 is 1.68 bits per heavy atom. The highest BCUT2D eigenvalue weighted by atomic mass is 16.5. The number of hydrogen-bond donors (Lipinski definition) is 1. The maximum absolute atomic E-state index is 12.3. The van der Waals surface area contributed by atoms with E-state index in [1.807, 2.05) is 49.4 Å². The molecule has 0 aromatic heterocycles. The number of carbonyl (C=O) groups is 2. The van der Waals surface area contributed by atoms with Crippen molar-refractivity contribution in [3.8, 4) is 0 Å². The van der Waals surface area contributed by atoms with E-state index in [-0.39, 0.29) is 12.4 Å². The lowest BCUT2D eigenvalue weighted by molar-refractivity contribution is 0.0926. The number of ether oxygens (including phenoxy) is 1. The molecule has 2 aromatic carbocycles. The zero-order chi connectivity index (χ0) is 15.9. The minimum Gasteiger partial charge on any atom is -0.445 e. The molecule has 4 nitrogen and oxygen atoms in total. The van der Waals surface area contributed by atoms with Crippen molar-refractivity contribution in [2.45, 2.75) is 26.5 Å². The molecule has 1 unspecified atom stereocenters. The Balaban J connectivity index is 1.88. The molecule has 1 atom stereocenters. The fraction of sp³-hybridized carbons (Fsp3) is 0.222. The molecule has 0 aliphatic heterocycles. The molecule has 2 aromatic rings. The summed E-state index contributed by atoms with van der Waals surface area (Å²) in [6, 6.07) is 16.1. The van der Waals surface area contributed by atoms with Crippen LogP contribution < -0.4 is 5.32 Å². The van der Waals surface area contributed by atoms with Gasteiger partial charge in [0.25, 0.3) is 0 Å². The van der Waals surface area contributed by atoms with Crippen molar-refractivity contribution >= 4 is 11.9 Å². The van der Waals surface area contributed by atoms with Gasteiger partial charge in [0.05, 0.1) is 6.04 Å². The second kappa shape index (κ2) is 7.41. The Morgan fingerprint density at radius 1 is 1.05 bits per heavy atom. The minimum absolute atomic E-state index is 0.130. The number of ketones is 1. The zero-order valence-electron chi connectivity index (χ0n) is 12.7. The molecule has 0 aliphatic carbocycles. The van der Waals surface area contributed by atoms with Crippen LogP contribution in [0.15, 0.2) is 54.6 Å². The van der Waals surface area contributed by atoms with Crippen molar-refractivity contribution in [3.05, 3.63) is 71.3 Å². The van der Waals surface area contributed by atoms with Crippen molar-refractivity contribution < 1.29 is 14.3 Å². The van der Waals surface area contributed by atoms with Crippen LogP contribution in [0, 0.1) is 6.92 Å². The van der Waals surface area contributed by atoms with E-state index < -0.39 is 12.1 Å². The molecule has 0 saturated heterocycles. The molecular weight excluding hydrogens is 278 g/mol. The van der Waals surface area contributed by atoms with Gasteiger partial charge in [-0.15, -0.1) is 0 Å². The zero-order valence-corrected chi connectivity index (χ0v) is 12.7. The highest BCUT2D eigenvalue weighted by Gasteiger charge is 2.19. The molecular formula is C18H19NO3. The fourth-order valence-corrected chi connectivity index (χ4v) is 2.09. The summed E-state index contributed by atoms with van der Waals surface area (Å²) in [6.07, 6.45) is -0.599. The second-order valence-corrected chi connectivity index (χ2v) is 5.11. The minimum atomic E-state index is -0.635. The van der Waals surface area contributed by atoms with E-state index in [4.69, 9.17) is 4.74 Å². The summed E-state index contributed by atoms with van der Waals surface area (Å²) in [5.74, 6) is -0.130. The van der Waals surface area contributed by atoms with Gasteiger partial charge in [0, 0.05) is 5.56 Å². The van der Waals surface area contributed by atoms with Gasteiger partial charge in [-0.3, -0.25) is 4.79 Å². The first kappa shape index (κ1) is 15.8. The van der Waals surface area contributed by atoms with Crippen LogP contribution in [0.25, 0.3) is 0 Å². The molecule has 1 N–H and O–H groups in total. The number of carbonyl (C=O) groups excluding carboxylic acids is 2. The average Bonchev–Trinajstić information content (AvgIpc) is 2.53. The predicted octanol–water partition coefficient (Wildman–Crippen LogP) is 3.49. The largest absolute Gasteiger partial charge is 0.445 e. The van der Waals surface area contributed by atoms with Crippen molar-refractivity contribution in [1.29, 1.82) is 0 Å². The number of nitrogens with one attached hydrogen (secondary N) is 1. The summed E-state index contributed by atoms with van der Waals surface area (Å²) in [4.78, 5) is 24.1. The molecule has 0 radical (unpaired) electrons. The number of rotatable bonds is 5. The van der Waals surface area contributed by atoms with Crippen molar-refractivity contribution in [2.75, 3.05) is 0 Å². The first-order valence-corrected chi connectivity index (χ1v) is 7.15. The van der Waals surface area contributed by atoms with E-state index in [2.05, 4.69) is 5.32 Å². The fourth-order valence-electron chi connectivity index (χ4n) is 2.09. The third kappa shape index (κ3) is 4.19. The lowest BCUT2D eigenvalue weighted by Crippen LogP contribution is -2.39. The van der Waals surface area contributed by atoms with Gasteiger partial charge < -0.3 is 10.1 Å². The molecule has 0 spiro atoms. The normalized spacial score (nSPS) is 11.5. The van der Waals surface area contributed by atoms with Crippen LogP contribution in [0.1, 0.15) is 28.4 Å². The summed E-state index contributed by atoms with van der Waals surface area (Å²) in [6.45, 7) is 3.70. The van der Waals surface area contributed by atoms with Gasteiger partial charge >= 0.3 is 6.09 Å². The Kier molecular flexibility index (Phi) is 5.31. The quantitative estimate of drug-likeness (QED) is 0.859. The van der Waals surface area contributed by atoms with Gasteiger partial charge in [0.2, 0.25) is 0 Å². The molecule has 0 bridgehead atoms. The van der Waals surface area contributed by atoms with E-state index in [0.717, 1.165) is 11.1 Å². The van der Waals surface area contributed by atoms with Crippen molar-refractivity contribution in [1.82, 2.24) is 5.32 Å².